The zero-order chi connectivity index (χ0) is 15.9. The molecule has 0 spiro atoms. The largest absolute Gasteiger partial charge is 0.345 e. The molecule has 1 N–H and O–H groups in total. The van der Waals surface area contributed by atoms with Crippen molar-refractivity contribution in [1.82, 2.24) is 5.32 Å². The lowest BCUT2D eigenvalue weighted by molar-refractivity contribution is 0.0935. The quantitative estimate of drug-likeness (QED) is 0.834. The number of rotatable bonds is 6. The molecule has 0 radical (unpaired) electrons. The maximum Gasteiger partial charge on any atom is 0.251 e. The Hall–Kier alpha value is -1.74. The molecule has 2 aromatic rings. The van der Waals surface area contributed by atoms with Gasteiger partial charge in [0.1, 0.15) is 0 Å². The first-order valence-corrected chi connectivity index (χ1v) is 8.98. The van der Waals surface area contributed by atoms with Crippen LogP contribution in [0.4, 0.5) is 0 Å². The molecular formula is C19H23NOS. The van der Waals surface area contributed by atoms with E-state index < -0.39 is 0 Å². The molecule has 0 saturated heterocycles. The normalized spacial score (nSPS) is 12.0. The minimum Gasteiger partial charge on any atom is -0.345 e. The fourth-order valence-electron chi connectivity index (χ4n) is 2.38. The Morgan fingerprint density at radius 1 is 1.09 bits per heavy atom. The van der Waals surface area contributed by atoms with Crippen molar-refractivity contribution in [3.8, 4) is 0 Å². The minimum absolute atomic E-state index is 0.0110. The lowest BCUT2D eigenvalue weighted by Gasteiger charge is -2.18. The van der Waals surface area contributed by atoms with Crippen LogP contribution in [0, 0.1) is 6.92 Å². The van der Waals surface area contributed by atoms with Crippen LogP contribution < -0.4 is 5.32 Å². The van der Waals surface area contributed by atoms with E-state index in [4.69, 9.17) is 0 Å². The van der Waals surface area contributed by atoms with E-state index in [1.165, 1.54) is 11.1 Å². The fraction of sp³-hybridized carbons (Fsp3) is 0.316. The zero-order valence-corrected chi connectivity index (χ0v) is 14.2. The van der Waals surface area contributed by atoms with Crippen LogP contribution in [0.25, 0.3) is 0 Å². The summed E-state index contributed by atoms with van der Waals surface area (Å²) >= 11 is 1.78. The number of hydrogen-bond acceptors (Lipinski definition) is 2. The molecule has 2 nitrogen and oxygen atoms in total. The second-order valence-corrected chi connectivity index (χ2v) is 6.34. The van der Waals surface area contributed by atoms with Gasteiger partial charge >= 0.3 is 0 Å². The van der Waals surface area contributed by atoms with E-state index in [0.717, 1.165) is 23.3 Å². The monoisotopic (exact) mass is 313 g/mol. The van der Waals surface area contributed by atoms with Gasteiger partial charge in [-0.25, -0.2) is 0 Å². The fourth-order valence-corrected chi connectivity index (χ4v) is 2.91. The predicted molar refractivity (Wildman–Crippen MR) is 95.3 cm³/mol. The third-order valence-electron chi connectivity index (χ3n) is 3.72. The number of benzene rings is 2. The van der Waals surface area contributed by atoms with Crippen molar-refractivity contribution in [2.24, 2.45) is 0 Å². The Kier molecular flexibility index (Phi) is 6.08. The van der Waals surface area contributed by atoms with E-state index in [0.29, 0.717) is 0 Å². The van der Waals surface area contributed by atoms with Gasteiger partial charge in [0.25, 0.3) is 5.91 Å². The molecule has 0 aliphatic rings. The molecule has 22 heavy (non-hydrogen) atoms. The number of carbonyl (C=O) groups excluding carboxylic acids is 1. The average Bonchev–Trinajstić information content (AvgIpc) is 2.54. The van der Waals surface area contributed by atoms with Gasteiger partial charge in [-0.2, -0.15) is 11.8 Å². The summed E-state index contributed by atoms with van der Waals surface area (Å²) < 4.78 is 0. The molecule has 0 aliphatic carbocycles. The minimum atomic E-state index is -0.0110. The third-order valence-corrected chi connectivity index (χ3v) is 4.34. The second-order valence-electron chi connectivity index (χ2n) is 5.47. The topological polar surface area (TPSA) is 29.1 Å². The van der Waals surface area contributed by atoms with Crippen molar-refractivity contribution in [3.05, 3.63) is 70.8 Å². The summed E-state index contributed by atoms with van der Waals surface area (Å²) in [6, 6.07) is 16.3. The molecule has 0 heterocycles. The van der Waals surface area contributed by atoms with Gasteiger partial charge < -0.3 is 5.32 Å². The van der Waals surface area contributed by atoms with Gasteiger partial charge in [-0.15, -0.1) is 0 Å². The van der Waals surface area contributed by atoms with Gasteiger partial charge in [0, 0.05) is 11.3 Å². The highest BCUT2D eigenvalue weighted by Gasteiger charge is 2.13. The van der Waals surface area contributed by atoms with Gasteiger partial charge in [0.05, 0.1) is 6.04 Å². The Bertz CT molecular complexity index is 604. The SMILES string of the molecule is CC[C@H](NC(=O)c1ccc(CSC)cc1)c1ccc(C)cc1. The number of carbonyl (C=O) groups is 1. The van der Waals surface area contributed by atoms with Crippen molar-refractivity contribution in [3.63, 3.8) is 0 Å². The molecule has 0 aromatic heterocycles. The summed E-state index contributed by atoms with van der Waals surface area (Å²) in [6.45, 7) is 4.16. The molecule has 2 aromatic carbocycles. The smallest absolute Gasteiger partial charge is 0.251 e. The van der Waals surface area contributed by atoms with Gasteiger partial charge in [-0.05, 0) is 42.9 Å². The van der Waals surface area contributed by atoms with Crippen LogP contribution in [0.3, 0.4) is 0 Å². The first-order chi connectivity index (χ1) is 10.6. The standard InChI is InChI=1S/C19H23NOS/c1-4-18(16-9-5-14(2)6-10-16)20-19(21)17-11-7-15(8-12-17)13-22-3/h5-12,18H,4,13H2,1-3H3,(H,20,21)/t18-/m0/s1. The van der Waals surface area contributed by atoms with Gasteiger partial charge in [-0.1, -0.05) is 48.9 Å². The Morgan fingerprint density at radius 3 is 2.27 bits per heavy atom. The number of nitrogens with one attached hydrogen (secondary N) is 1. The molecule has 0 unspecified atom stereocenters. The van der Waals surface area contributed by atoms with Crippen LogP contribution >= 0.6 is 11.8 Å². The highest BCUT2D eigenvalue weighted by molar-refractivity contribution is 7.97. The molecule has 116 valence electrons. The van der Waals surface area contributed by atoms with Gasteiger partial charge in [0.15, 0.2) is 0 Å². The van der Waals surface area contributed by atoms with Crippen LogP contribution in [0.2, 0.25) is 0 Å². The first-order valence-electron chi connectivity index (χ1n) is 7.59. The highest BCUT2D eigenvalue weighted by Crippen LogP contribution is 2.18. The van der Waals surface area contributed by atoms with E-state index in [2.05, 4.69) is 49.7 Å². The van der Waals surface area contributed by atoms with Crippen LogP contribution in [0.1, 0.15) is 46.4 Å². The number of thioether (sulfide) groups is 1. The van der Waals surface area contributed by atoms with Gasteiger partial charge in [0.2, 0.25) is 0 Å². The second kappa shape index (κ2) is 8.04. The summed E-state index contributed by atoms with van der Waals surface area (Å²) in [4.78, 5) is 12.4. The number of amides is 1. The Morgan fingerprint density at radius 2 is 1.73 bits per heavy atom. The summed E-state index contributed by atoms with van der Waals surface area (Å²) in [5.74, 6) is 0.964. The van der Waals surface area contributed by atoms with Crippen LogP contribution in [-0.2, 0) is 5.75 Å². The number of hydrogen-bond donors (Lipinski definition) is 1. The maximum absolute atomic E-state index is 12.4. The van der Waals surface area contributed by atoms with Crippen molar-refractivity contribution >= 4 is 17.7 Å². The van der Waals surface area contributed by atoms with Crippen molar-refractivity contribution in [1.29, 1.82) is 0 Å². The van der Waals surface area contributed by atoms with Crippen LogP contribution in [-0.4, -0.2) is 12.2 Å². The summed E-state index contributed by atoms with van der Waals surface area (Å²) in [6.07, 6.45) is 2.95. The van der Waals surface area contributed by atoms with E-state index in [9.17, 15) is 4.79 Å². The summed E-state index contributed by atoms with van der Waals surface area (Å²) in [5, 5.41) is 3.13. The van der Waals surface area contributed by atoms with Crippen molar-refractivity contribution in [2.45, 2.75) is 32.1 Å². The maximum atomic E-state index is 12.4. The molecule has 1 atom stereocenters. The average molecular weight is 313 g/mol. The van der Waals surface area contributed by atoms with Crippen molar-refractivity contribution in [2.75, 3.05) is 6.26 Å². The molecule has 1 amide bonds. The summed E-state index contributed by atoms with van der Waals surface area (Å²) in [7, 11) is 0. The van der Waals surface area contributed by atoms with E-state index in [1.807, 2.05) is 24.3 Å². The van der Waals surface area contributed by atoms with Crippen LogP contribution in [0.5, 0.6) is 0 Å². The van der Waals surface area contributed by atoms with Crippen molar-refractivity contribution < 1.29 is 4.79 Å². The molecule has 0 saturated carbocycles. The van der Waals surface area contributed by atoms with E-state index in [-0.39, 0.29) is 11.9 Å². The van der Waals surface area contributed by atoms with Crippen LogP contribution in [0.15, 0.2) is 48.5 Å². The first kappa shape index (κ1) is 16.6. The van der Waals surface area contributed by atoms with E-state index in [1.54, 1.807) is 11.8 Å². The molecule has 0 aliphatic heterocycles. The third kappa shape index (κ3) is 4.38. The molecular weight excluding hydrogens is 290 g/mol. The Balaban J connectivity index is 2.06. The lowest BCUT2D eigenvalue weighted by Crippen LogP contribution is -2.28. The predicted octanol–water partition coefficient (Wildman–Crippen LogP) is 4.74. The highest BCUT2D eigenvalue weighted by atomic mass is 32.2. The lowest BCUT2D eigenvalue weighted by atomic mass is 10.0. The molecule has 0 bridgehead atoms. The summed E-state index contributed by atoms with van der Waals surface area (Å²) in [5.41, 5.74) is 4.35. The van der Waals surface area contributed by atoms with E-state index >= 15 is 0 Å². The van der Waals surface area contributed by atoms with Gasteiger partial charge in [-0.3, -0.25) is 4.79 Å². The molecule has 2 rings (SSSR count). The molecule has 3 heteroatoms. The molecule has 0 fully saturated rings. The Labute approximate surface area is 137 Å². The number of aryl methyl sites for hydroxylation is 1. The zero-order valence-electron chi connectivity index (χ0n) is 13.4.